The summed E-state index contributed by atoms with van der Waals surface area (Å²) < 4.78 is 3.86. The Kier molecular flexibility index (Phi) is 3.69. The van der Waals surface area contributed by atoms with E-state index in [1.807, 2.05) is 30.3 Å². The molecule has 0 saturated heterocycles. The molecule has 2 aromatic carbocycles. The van der Waals surface area contributed by atoms with E-state index in [0.29, 0.717) is 22.1 Å². The molecular formula is C19H16N4O4. The van der Waals surface area contributed by atoms with Gasteiger partial charge in [-0.2, -0.15) is 0 Å². The van der Waals surface area contributed by atoms with Crippen LogP contribution in [0.25, 0.3) is 22.1 Å². The van der Waals surface area contributed by atoms with Crippen LogP contribution in [0.4, 0.5) is 0 Å². The van der Waals surface area contributed by atoms with Crippen LogP contribution in [0.1, 0.15) is 5.56 Å². The van der Waals surface area contributed by atoms with Gasteiger partial charge < -0.3 is 14.1 Å². The molecule has 0 aliphatic carbocycles. The van der Waals surface area contributed by atoms with Gasteiger partial charge in [0.05, 0.1) is 28.6 Å². The van der Waals surface area contributed by atoms with Crippen LogP contribution in [0.3, 0.4) is 0 Å². The third kappa shape index (κ3) is 2.53. The third-order valence-electron chi connectivity index (χ3n) is 4.77. The molecule has 0 aliphatic rings. The van der Waals surface area contributed by atoms with E-state index in [1.165, 1.54) is 27.8 Å². The van der Waals surface area contributed by atoms with Gasteiger partial charge in [0, 0.05) is 14.1 Å². The van der Waals surface area contributed by atoms with Crippen LogP contribution in [0.15, 0.2) is 61.6 Å². The van der Waals surface area contributed by atoms with E-state index < -0.39 is 22.2 Å². The quantitative estimate of drug-likeness (QED) is 0.408. The first kappa shape index (κ1) is 16.8. The minimum absolute atomic E-state index is 0.214. The second-order valence-corrected chi connectivity index (χ2v) is 6.42. The summed E-state index contributed by atoms with van der Waals surface area (Å²) in [4.78, 5) is 51.4. The first-order valence-corrected chi connectivity index (χ1v) is 8.29. The van der Waals surface area contributed by atoms with Crippen LogP contribution in [-0.4, -0.2) is 18.7 Å². The van der Waals surface area contributed by atoms with Crippen molar-refractivity contribution in [2.45, 2.75) is 6.54 Å². The average Bonchev–Trinajstić information content (AvgIpc) is 2.68. The van der Waals surface area contributed by atoms with Gasteiger partial charge in [-0.25, -0.2) is 0 Å². The minimum atomic E-state index is -0.743. The molecule has 0 fully saturated rings. The molecule has 0 aliphatic heterocycles. The molecule has 8 nitrogen and oxygen atoms in total. The van der Waals surface area contributed by atoms with Crippen LogP contribution in [0.2, 0.25) is 0 Å². The van der Waals surface area contributed by atoms with Crippen molar-refractivity contribution in [2.75, 3.05) is 0 Å². The van der Waals surface area contributed by atoms with Gasteiger partial charge in [-0.1, -0.05) is 30.3 Å². The van der Waals surface area contributed by atoms with Gasteiger partial charge in [0.1, 0.15) is 0 Å². The lowest BCUT2D eigenvalue weighted by Gasteiger charge is -2.14. The predicted octanol–water partition coefficient (Wildman–Crippen LogP) is 0.289. The Morgan fingerprint density at radius 3 is 2.00 bits per heavy atom. The van der Waals surface area contributed by atoms with Gasteiger partial charge in [-0.05, 0) is 17.7 Å². The summed E-state index contributed by atoms with van der Waals surface area (Å²) in [7, 11) is 3.00. The summed E-state index contributed by atoms with van der Waals surface area (Å²) in [5.74, 6) is 0. The number of hydrogen-bond donors (Lipinski definition) is 1. The lowest BCUT2D eigenvalue weighted by Crippen LogP contribution is -2.40. The summed E-state index contributed by atoms with van der Waals surface area (Å²) in [6.45, 7) is 0.214. The summed E-state index contributed by atoms with van der Waals surface area (Å²) in [5, 5.41) is 0. The maximum atomic E-state index is 12.5. The number of nitrogens with one attached hydrogen (secondary N) is 1. The number of hydrogen-bond acceptors (Lipinski definition) is 4. The van der Waals surface area contributed by atoms with Crippen molar-refractivity contribution >= 4 is 22.1 Å². The molecule has 4 aromatic rings. The standard InChI is InChI=1S/C19H16N4O4/c1-21-14-8-12-13(9-15(14)22(2)19(27)18(21)26)23(17(25)16(24)20-12)10-11-6-4-3-5-7-11/h3-9H,10H2,1-2H3,(H,20,24). The fraction of sp³-hybridized carbons (Fsp3) is 0.158. The summed E-state index contributed by atoms with van der Waals surface area (Å²) in [6, 6.07) is 12.5. The van der Waals surface area contributed by atoms with Crippen molar-refractivity contribution in [3.63, 3.8) is 0 Å². The van der Waals surface area contributed by atoms with Crippen molar-refractivity contribution in [3.8, 4) is 0 Å². The van der Waals surface area contributed by atoms with Gasteiger partial charge in [-0.15, -0.1) is 0 Å². The molecule has 0 amide bonds. The molecule has 136 valence electrons. The topological polar surface area (TPSA) is 98.9 Å². The Hall–Kier alpha value is -3.68. The van der Waals surface area contributed by atoms with E-state index in [-0.39, 0.29) is 6.54 Å². The monoisotopic (exact) mass is 364 g/mol. The Morgan fingerprint density at radius 1 is 0.778 bits per heavy atom. The highest BCUT2D eigenvalue weighted by molar-refractivity contribution is 5.91. The Morgan fingerprint density at radius 2 is 1.37 bits per heavy atom. The first-order valence-electron chi connectivity index (χ1n) is 8.29. The Labute approximate surface area is 151 Å². The second kappa shape index (κ2) is 5.94. The summed E-state index contributed by atoms with van der Waals surface area (Å²) >= 11 is 0. The van der Waals surface area contributed by atoms with E-state index in [2.05, 4.69) is 4.98 Å². The highest BCUT2D eigenvalue weighted by Crippen LogP contribution is 2.18. The molecule has 27 heavy (non-hydrogen) atoms. The maximum Gasteiger partial charge on any atom is 0.317 e. The largest absolute Gasteiger partial charge is 0.317 e. The van der Waals surface area contributed by atoms with Gasteiger partial charge in [0.25, 0.3) is 0 Å². The molecule has 0 bridgehead atoms. The van der Waals surface area contributed by atoms with Gasteiger partial charge in [-0.3, -0.25) is 23.7 Å². The average molecular weight is 364 g/mol. The lowest BCUT2D eigenvalue weighted by atomic mass is 10.2. The molecule has 8 heteroatoms. The molecule has 1 N–H and O–H groups in total. The van der Waals surface area contributed by atoms with Crippen LogP contribution in [0.5, 0.6) is 0 Å². The van der Waals surface area contributed by atoms with E-state index in [0.717, 1.165) is 5.56 Å². The van der Waals surface area contributed by atoms with E-state index in [1.54, 1.807) is 12.1 Å². The highest BCUT2D eigenvalue weighted by atomic mass is 16.2. The zero-order valence-electron chi connectivity index (χ0n) is 14.7. The van der Waals surface area contributed by atoms with E-state index >= 15 is 0 Å². The number of rotatable bonds is 2. The van der Waals surface area contributed by atoms with Gasteiger partial charge >= 0.3 is 22.2 Å². The first-order chi connectivity index (χ1) is 12.9. The van der Waals surface area contributed by atoms with Crippen molar-refractivity contribution in [1.29, 1.82) is 0 Å². The molecule has 4 rings (SSSR count). The lowest BCUT2D eigenvalue weighted by molar-refractivity contribution is 0.772. The molecule has 0 saturated carbocycles. The fourth-order valence-electron chi connectivity index (χ4n) is 3.26. The molecule has 0 unspecified atom stereocenters. The van der Waals surface area contributed by atoms with Crippen molar-refractivity contribution < 1.29 is 0 Å². The van der Waals surface area contributed by atoms with E-state index in [4.69, 9.17) is 0 Å². The number of benzene rings is 2. The van der Waals surface area contributed by atoms with Crippen LogP contribution in [-0.2, 0) is 20.6 Å². The second-order valence-electron chi connectivity index (χ2n) is 6.42. The molecular weight excluding hydrogens is 348 g/mol. The Balaban J connectivity index is 2.15. The van der Waals surface area contributed by atoms with E-state index in [9.17, 15) is 19.2 Å². The Bertz CT molecular complexity index is 1440. The molecule has 2 aromatic heterocycles. The van der Waals surface area contributed by atoms with Crippen molar-refractivity contribution in [1.82, 2.24) is 18.7 Å². The molecule has 0 spiro atoms. The minimum Gasteiger partial charge on any atom is -0.316 e. The molecule has 0 radical (unpaired) electrons. The van der Waals surface area contributed by atoms with Crippen LogP contribution < -0.4 is 22.2 Å². The van der Waals surface area contributed by atoms with Crippen LogP contribution >= 0.6 is 0 Å². The third-order valence-corrected chi connectivity index (χ3v) is 4.77. The van der Waals surface area contributed by atoms with Gasteiger partial charge in [0.15, 0.2) is 0 Å². The zero-order valence-corrected chi connectivity index (χ0v) is 14.7. The zero-order chi connectivity index (χ0) is 19.3. The van der Waals surface area contributed by atoms with Crippen LogP contribution in [0, 0.1) is 0 Å². The summed E-state index contributed by atoms with van der Waals surface area (Å²) in [5.41, 5.74) is -0.0246. The number of aryl methyl sites for hydroxylation is 2. The van der Waals surface area contributed by atoms with Crippen molar-refractivity contribution in [3.05, 3.63) is 89.4 Å². The fourth-order valence-corrected chi connectivity index (χ4v) is 3.26. The predicted molar refractivity (Wildman–Crippen MR) is 102 cm³/mol. The van der Waals surface area contributed by atoms with Crippen molar-refractivity contribution in [2.24, 2.45) is 14.1 Å². The molecule has 2 heterocycles. The number of aromatic nitrogens is 4. The summed E-state index contributed by atoms with van der Waals surface area (Å²) in [6.07, 6.45) is 0. The maximum absolute atomic E-state index is 12.5. The molecule has 0 atom stereocenters. The number of nitrogens with zero attached hydrogens (tertiary/aromatic N) is 3. The SMILES string of the molecule is Cn1c(=O)c(=O)n(C)c2cc3c(cc21)[nH]c(=O)c(=O)n3Cc1ccccc1. The smallest absolute Gasteiger partial charge is 0.316 e. The van der Waals surface area contributed by atoms with Gasteiger partial charge in [0.2, 0.25) is 0 Å². The number of H-pyrrole nitrogens is 1. The number of fused-ring (bicyclic) bond motifs is 2. The normalized spacial score (nSPS) is 11.3. The number of aromatic amines is 1. The highest BCUT2D eigenvalue weighted by Gasteiger charge is 2.14.